The first-order valence-corrected chi connectivity index (χ1v) is 6.88. The van der Waals surface area contributed by atoms with Gasteiger partial charge in [-0.1, -0.05) is 23.7 Å². The quantitative estimate of drug-likeness (QED) is 0.639. The number of fused-ring (bicyclic) bond motifs is 1. The molecule has 3 rings (SSSR count). The number of hydrogen-bond acceptors (Lipinski definition) is 3. The third kappa shape index (κ3) is 2.09. The topological polar surface area (TPSA) is 41.8 Å². The van der Waals surface area contributed by atoms with Crippen LogP contribution in [0.25, 0.3) is 0 Å². The van der Waals surface area contributed by atoms with Crippen molar-refractivity contribution >= 4 is 5.71 Å². The molecule has 1 fully saturated rings. The minimum absolute atomic E-state index is 0.375. The number of oxime groups is 1. The molecule has 18 heavy (non-hydrogen) atoms. The van der Waals surface area contributed by atoms with Crippen LogP contribution in [-0.2, 0) is 6.42 Å². The summed E-state index contributed by atoms with van der Waals surface area (Å²) in [6.07, 6.45) is 8.37. The molecule has 0 atom stereocenters. The van der Waals surface area contributed by atoms with E-state index in [2.05, 4.69) is 5.16 Å². The zero-order chi connectivity index (χ0) is 12.4. The highest BCUT2D eigenvalue weighted by Crippen LogP contribution is 2.33. The van der Waals surface area contributed by atoms with Gasteiger partial charge in [-0.2, -0.15) is 0 Å². The molecule has 1 aromatic rings. The first kappa shape index (κ1) is 11.6. The Morgan fingerprint density at radius 1 is 1.11 bits per heavy atom. The first-order chi connectivity index (χ1) is 8.88. The van der Waals surface area contributed by atoms with Gasteiger partial charge in [-0.05, 0) is 44.6 Å². The van der Waals surface area contributed by atoms with Crippen molar-refractivity contribution in [2.75, 3.05) is 0 Å². The van der Waals surface area contributed by atoms with Crippen LogP contribution in [0.1, 0.15) is 49.7 Å². The van der Waals surface area contributed by atoms with E-state index < -0.39 is 0 Å². The molecule has 96 valence electrons. The summed E-state index contributed by atoms with van der Waals surface area (Å²) >= 11 is 0. The summed E-state index contributed by atoms with van der Waals surface area (Å²) in [4.78, 5) is 0. The van der Waals surface area contributed by atoms with Crippen molar-refractivity contribution < 1.29 is 9.94 Å². The van der Waals surface area contributed by atoms with E-state index in [0.29, 0.717) is 6.10 Å². The molecular formula is C15H19NO2. The maximum absolute atomic E-state index is 8.97. The highest BCUT2D eigenvalue weighted by Gasteiger charge is 2.23. The lowest BCUT2D eigenvalue weighted by Gasteiger charge is -2.24. The van der Waals surface area contributed by atoms with E-state index >= 15 is 0 Å². The fourth-order valence-electron chi connectivity index (χ4n) is 3.05. The van der Waals surface area contributed by atoms with Gasteiger partial charge < -0.3 is 9.94 Å². The standard InChI is InChI=1S/C15H19NO2/c17-16-14-10-9-13-12(14)7-4-8-15(13)18-11-5-2-1-3-6-11/h4,7-8,11,17H,1-3,5-6,9-10H2. The lowest BCUT2D eigenvalue weighted by Crippen LogP contribution is -2.20. The van der Waals surface area contributed by atoms with Gasteiger partial charge in [-0.15, -0.1) is 0 Å². The highest BCUT2D eigenvalue weighted by atomic mass is 16.5. The second kappa shape index (κ2) is 5.01. The normalized spacial score (nSPS) is 22.1. The van der Waals surface area contributed by atoms with Crippen LogP contribution in [0.5, 0.6) is 5.75 Å². The van der Waals surface area contributed by atoms with Crippen molar-refractivity contribution in [1.29, 1.82) is 0 Å². The third-order valence-electron chi connectivity index (χ3n) is 4.02. The Balaban J connectivity index is 1.83. The molecule has 0 amide bonds. The van der Waals surface area contributed by atoms with E-state index in [-0.39, 0.29) is 0 Å². The Labute approximate surface area is 107 Å². The van der Waals surface area contributed by atoms with Crippen LogP contribution in [0, 0.1) is 0 Å². The highest BCUT2D eigenvalue weighted by molar-refractivity contribution is 6.04. The second-order valence-electron chi connectivity index (χ2n) is 5.21. The molecule has 3 nitrogen and oxygen atoms in total. The van der Waals surface area contributed by atoms with E-state index in [1.54, 1.807) is 0 Å². The van der Waals surface area contributed by atoms with Crippen LogP contribution in [-0.4, -0.2) is 17.0 Å². The zero-order valence-electron chi connectivity index (χ0n) is 10.6. The molecule has 0 bridgehead atoms. The molecule has 1 saturated carbocycles. The molecule has 0 aliphatic heterocycles. The van der Waals surface area contributed by atoms with Crippen molar-refractivity contribution in [2.45, 2.75) is 51.0 Å². The number of nitrogens with zero attached hydrogens (tertiary/aromatic N) is 1. The molecule has 0 spiro atoms. The molecule has 0 unspecified atom stereocenters. The third-order valence-corrected chi connectivity index (χ3v) is 4.02. The number of ether oxygens (including phenoxy) is 1. The molecule has 0 heterocycles. The van der Waals surface area contributed by atoms with E-state index in [9.17, 15) is 0 Å². The van der Waals surface area contributed by atoms with Crippen molar-refractivity contribution in [2.24, 2.45) is 5.16 Å². The van der Waals surface area contributed by atoms with Gasteiger partial charge in [-0.25, -0.2) is 0 Å². The molecule has 2 aliphatic carbocycles. The summed E-state index contributed by atoms with van der Waals surface area (Å²) < 4.78 is 6.15. The molecule has 0 saturated heterocycles. The van der Waals surface area contributed by atoms with Crippen LogP contribution in [0.3, 0.4) is 0 Å². The van der Waals surface area contributed by atoms with Gasteiger partial charge >= 0.3 is 0 Å². The van der Waals surface area contributed by atoms with E-state index in [1.165, 1.54) is 37.7 Å². The number of rotatable bonds is 2. The van der Waals surface area contributed by atoms with E-state index in [1.807, 2.05) is 18.2 Å². The van der Waals surface area contributed by atoms with Gasteiger partial charge in [0, 0.05) is 11.1 Å². The minimum atomic E-state index is 0.375. The van der Waals surface area contributed by atoms with Crippen molar-refractivity contribution in [1.82, 2.24) is 0 Å². The predicted molar refractivity (Wildman–Crippen MR) is 70.6 cm³/mol. The van der Waals surface area contributed by atoms with Crippen LogP contribution >= 0.6 is 0 Å². The Morgan fingerprint density at radius 2 is 1.94 bits per heavy atom. The molecular weight excluding hydrogens is 226 g/mol. The van der Waals surface area contributed by atoms with Crippen molar-refractivity contribution in [3.05, 3.63) is 29.3 Å². The molecule has 2 aliphatic rings. The summed E-state index contributed by atoms with van der Waals surface area (Å²) in [6.45, 7) is 0. The molecule has 0 aromatic heterocycles. The Morgan fingerprint density at radius 3 is 2.72 bits per heavy atom. The van der Waals surface area contributed by atoms with Crippen molar-refractivity contribution in [3.8, 4) is 5.75 Å². The maximum atomic E-state index is 8.97. The van der Waals surface area contributed by atoms with Gasteiger partial charge in [0.2, 0.25) is 0 Å². The summed E-state index contributed by atoms with van der Waals surface area (Å²) in [5.41, 5.74) is 3.07. The monoisotopic (exact) mass is 245 g/mol. The fourth-order valence-corrected chi connectivity index (χ4v) is 3.05. The van der Waals surface area contributed by atoms with E-state index in [4.69, 9.17) is 9.94 Å². The van der Waals surface area contributed by atoms with E-state index in [0.717, 1.165) is 29.9 Å². The Hall–Kier alpha value is -1.51. The molecule has 1 N–H and O–H groups in total. The summed E-state index contributed by atoms with van der Waals surface area (Å²) in [5, 5.41) is 12.4. The van der Waals surface area contributed by atoms with Crippen molar-refractivity contribution in [3.63, 3.8) is 0 Å². The summed E-state index contributed by atoms with van der Waals surface area (Å²) in [6, 6.07) is 6.06. The lowest BCUT2D eigenvalue weighted by atomic mass is 9.97. The lowest BCUT2D eigenvalue weighted by molar-refractivity contribution is 0.153. The van der Waals surface area contributed by atoms with Gasteiger partial charge in [0.1, 0.15) is 5.75 Å². The summed E-state index contributed by atoms with van der Waals surface area (Å²) in [5.74, 6) is 0.998. The maximum Gasteiger partial charge on any atom is 0.123 e. The van der Waals surface area contributed by atoms with Gasteiger partial charge in [0.15, 0.2) is 0 Å². The second-order valence-corrected chi connectivity index (χ2v) is 5.21. The van der Waals surface area contributed by atoms with Gasteiger partial charge in [0.05, 0.1) is 11.8 Å². The average molecular weight is 245 g/mol. The largest absolute Gasteiger partial charge is 0.490 e. The van der Waals surface area contributed by atoms with Crippen LogP contribution in [0.15, 0.2) is 23.4 Å². The average Bonchev–Trinajstić information content (AvgIpc) is 2.84. The van der Waals surface area contributed by atoms with Crippen LogP contribution < -0.4 is 4.74 Å². The van der Waals surface area contributed by atoms with Crippen LogP contribution in [0.4, 0.5) is 0 Å². The predicted octanol–water partition coefficient (Wildman–Crippen LogP) is 3.52. The Bertz CT molecular complexity index is 462. The van der Waals surface area contributed by atoms with Crippen LogP contribution in [0.2, 0.25) is 0 Å². The summed E-state index contributed by atoms with van der Waals surface area (Å²) in [7, 11) is 0. The molecule has 3 heteroatoms. The Kier molecular flexibility index (Phi) is 3.22. The van der Waals surface area contributed by atoms with Gasteiger partial charge in [0.25, 0.3) is 0 Å². The SMILES string of the molecule is ON=C1CCc2c(OC3CCCCC3)cccc21. The minimum Gasteiger partial charge on any atom is -0.490 e. The number of hydrogen-bond donors (Lipinski definition) is 1. The smallest absolute Gasteiger partial charge is 0.123 e. The fraction of sp³-hybridized carbons (Fsp3) is 0.533. The zero-order valence-corrected chi connectivity index (χ0v) is 10.6. The first-order valence-electron chi connectivity index (χ1n) is 6.88. The number of benzene rings is 1. The van der Waals surface area contributed by atoms with Gasteiger partial charge in [-0.3, -0.25) is 0 Å². The molecule has 1 aromatic carbocycles. The molecule has 0 radical (unpaired) electrons.